The van der Waals surface area contributed by atoms with Crippen molar-refractivity contribution in [1.82, 2.24) is 14.9 Å². The summed E-state index contributed by atoms with van der Waals surface area (Å²) in [7, 11) is -3.55. The van der Waals surface area contributed by atoms with Gasteiger partial charge in [-0.2, -0.15) is 0 Å². The Balaban J connectivity index is 1.51. The second kappa shape index (κ2) is 13.2. The highest BCUT2D eigenvalue weighted by Crippen LogP contribution is 2.46. The van der Waals surface area contributed by atoms with Gasteiger partial charge in [-0.15, -0.1) is 11.3 Å². The molecule has 3 aromatic rings. The molecule has 2 aliphatic rings. The van der Waals surface area contributed by atoms with Crippen molar-refractivity contribution < 1.29 is 27.9 Å². The molecule has 0 unspecified atom stereocenters. The number of aliphatic carboxylic acids is 1. The molecule has 0 saturated heterocycles. The van der Waals surface area contributed by atoms with E-state index in [0.717, 1.165) is 35.1 Å². The number of carboxylic acids is 1. The number of rotatable bonds is 10. The topological polar surface area (TPSA) is 133 Å². The summed E-state index contributed by atoms with van der Waals surface area (Å²) >= 11 is 7.68. The predicted octanol–water partition coefficient (Wildman–Crippen LogP) is 4.53. The van der Waals surface area contributed by atoms with Gasteiger partial charge in [-0.1, -0.05) is 54.8 Å². The molecule has 0 radical (unpaired) electrons. The van der Waals surface area contributed by atoms with E-state index in [0.29, 0.717) is 42.0 Å². The molecule has 1 aliphatic carbocycles. The van der Waals surface area contributed by atoms with Crippen molar-refractivity contribution in [3.05, 3.63) is 92.1 Å². The summed E-state index contributed by atoms with van der Waals surface area (Å²) in [6.07, 6.45) is 4.43. The van der Waals surface area contributed by atoms with Crippen LogP contribution in [0.2, 0.25) is 5.02 Å². The van der Waals surface area contributed by atoms with Crippen molar-refractivity contribution in [3.63, 3.8) is 0 Å². The molecule has 43 heavy (non-hydrogen) atoms. The minimum atomic E-state index is -3.55. The molecule has 9 nitrogen and oxygen atoms in total. The number of halogens is 1. The van der Waals surface area contributed by atoms with Gasteiger partial charge in [-0.3, -0.25) is 14.4 Å². The zero-order valence-corrected chi connectivity index (χ0v) is 26.1. The molecule has 1 aliphatic heterocycles. The molecule has 2 heterocycles. The molecular weight excluding hydrogens is 610 g/mol. The quantitative estimate of drug-likeness (QED) is 0.297. The van der Waals surface area contributed by atoms with Crippen LogP contribution in [0.15, 0.2) is 60.0 Å². The van der Waals surface area contributed by atoms with Gasteiger partial charge in [0.15, 0.2) is 0 Å². The van der Waals surface area contributed by atoms with Crippen LogP contribution < -0.4 is 10.0 Å². The first-order valence-electron chi connectivity index (χ1n) is 14.2. The predicted molar refractivity (Wildman–Crippen MR) is 166 cm³/mol. The molecule has 0 spiro atoms. The van der Waals surface area contributed by atoms with E-state index in [1.165, 1.54) is 11.3 Å². The third kappa shape index (κ3) is 7.29. The van der Waals surface area contributed by atoms with Crippen LogP contribution in [0.3, 0.4) is 0 Å². The lowest BCUT2D eigenvalue weighted by molar-refractivity contribution is -0.136. The van der Waals surface area contributed by atoms with Crippen molar-refractivity contribution in [2.75, 3.05) is 12.8 Å². The highest BCUT2D eigenvalue weighted by atomic mass is 35.5. The molecule has 0 bridgehead atoms. The van der Waals surface area contributed by atoms with Crippen LogP contribution in [0, 0.1) is 0 Å². The summed E-state index contributed by atoms with van der Waals surface area (Å²) in [5, 5.41) is 14.5. The molecule has 228 valence electrons. The van der Waals surface area contributed by atoms with E-state index in [9.17, 15) is 22.8 Å². The van der Waals surface area contributed by atoms with Gasteiger partial charge >= 0.3 is 5.97 Å². The second-order valence-corrected chi connectivity index (χ2v) is 14.4. The number of benzene rings is 2. The lowest BCUT2D eigenvalue weighted by atomic mass is 9.76. The van der Waals surface area contributed by atoms with Gasteiger partial charge in [0, 0.05) is 34.1 Å². The number of thiophene rings is 1. The summed E-state index contributed by atoms with van der Waals surface area (Å²) in [5.74, 6) is -2.15. The van der Waals surface area contributed by atoms with Crippen molar-refractivity contribution in [3.8, 4) is 0 Å². The van der Waals surface area contributed by atoms with Gasteiger partial charge < -0.3 is 15.3 Å². The van der Waals surface area contributed by atoms with Crippen LogP contribution >= 0.6 is 22.9 Å². The Kier molecular flexibility index (Phi) is 9.55. The fraction of sp³-hybridized carbons (Fsp3) is 0.387. The summed E-state index contributed by atoms with van der Waals surface area (Å²) in [5.41, 5.74) is 2.49. The lowest BCUT2D eigenvalue weighted by Crippen LogP contribution is -2.59. The van der Waals surface area contributed by atoms with Crippen LogP contribution in [-0.2, 0) is 32.5 Å². The number of fused-ring (bicyclic) bond motifs is 1. The maximum absolute atomic E-state index is 14.3. The number of sulfonamides is 1. The number of hydrogen-bond acceptors (Lipinski definition) is 6. The molecule has 12 heteroatoms. The van der Waals surface area contributed by atoms with Gasteiger partial charge in [0.05, 0.1) is 24.6 Å². The van der Waals surface area contributed by atoms with Crippen molar-refractivity contribution >= 4 is 50.7 Å². The fourth-order valence-electron chi connectivity index (χ4n) is 6.31. The molecule has 1 aromatic heterocycles. The maximum atomic E-state index is 14.3. The van der Waals surface area contributed by atoms with Crippen LogP contribution in [0.5, 0.6) is 0 Å². The molecule has 1 saturated carbocycles. The van der Waals surface area contributed by atoms with E-state index in [1.807, 2.05) is 35.7 Å². The van der Waals surface area contributed by atoms with E-state index in [2.05, 4.69) is 10.0 Å². The molecule has 1 fully saturated rings. The smallest absolute Gasteiger partial charge is 0.307 e. The summed E-state index contributed by atoms with van der Waals surface area (Å²) < 4.78 is 27.4. The number of carbonyl (C=O) groups is 3. The molecule has 5 rings (SSSR count). The highest BCUT2D eigenvalue weighted by molar-refractivity contribution is 7.88. The number of nitrogens with one attached hydrogen (secondary N) is 2. The average Bonchev–Trinajstić information content (AvgIpc) is 3.39. The number of nitrogens with zero attached hydrogens (tertiary/aromatic N) is 1. The normalized spacial score (nSPS) is 22.2. The lowest BCUT2D eigenvalue weighted by Gasteiger charge is -2.49. The highest BCUT2D eigenvalue weighted by Gasteiger charge is 2.48. The molecule has 3 N–H and O–H groups in total. The van der Waals surface area contributed by atoms with Gasteiger partial charge in [0.1, 0.15) is 0 Å². The summed E-state index contributed by atoms with van der Waals surface area (Å²) in [6, 6.07) is 14.4. The summed E-state index contributed by atoms with van der Waals surface area (Å²) in [6.45, 7) is 0.327. The second-order valence-electron chi connectivity index (χ2n) is 11.2. The third-order valence-electron chi connectivity index (χ3n) is 8.06. The van der Waals surface area contributed by atoms with Crippen molar-refractivity contribution in [1.29, 1.82) is 0 Å². The number of carboxylic acid groups (broad SMARTS) is 1. The number of amides is 2. The zero-order chi connectivity index (χ0) is 30.7. The minimum absolute atomic E-state index is 0.0509. The first-order chi connectivity index (χ1) is 20.5. The zero-order valence-electron chi connectivity index (χ0n) is 23.7. The number of hydrogen-bond donors (Lipinski definition) is 3. The standard InChI is InChI=1S/C31H34ClN3O6S2/c1-43(40,41)34-25-8-4-5-9-26(25)35-29(20-10-12-21(32)13-11-20)28(23-6-2-3-7-24(23)31(35)39)30(38)33-15-14-22-16-19(18-42-22)17-27(36)37/h2-3,6-7,10-13,16,18,25-26,28-29,34H,4-5,8-9,14-15,17H2,1H3,(H,33,38)(H,36,37)/t25-,26-,28+,29-/m0/s1. The largest absolute Gasteiger partial charge is 0.481 e. The SMILES string of the molecule is CS(=O)(=O)N[C@H]1CCCC[C@@H]1N1C(=O)c2ccccc2[C@@H](C(=O)NCCc2cc(CC(=O)O)cs2)[C@@H]1c1ccc(Cl)cc1. The Morgan fingerprint density at radius 1 is 1.09 bits per heavy atom. The van der Waals surface area contributed by atoms with Crippen LogP contribution in [0.1, 0.15) is 69.6 Å². The Labute approximate surface area is 260 Å². The molecule has 2 aromatic carbocycles. The molecule has 4 atom stereocenters. The van der Waals surface area contributed by atoms with Crippen LogP contribution in [-0.4, -0.2) is 61.1 Å². The van der Waals surface area contributed by atoms with Crippen molar-refractivity contribution in [2.24, 2.45) is 0 Å². The van der Waals surface area contributed by atoms with E-state index in [1.54, 1.807) is 29.2 Å². The van der Waals surface area contributed by atoms with Crippen molar-refractivity contribution in [2.45, 2.75) is 62.6 Å². The minimum Gasteiger partial charge on any atom is -0.481 e. The van der Waals surface area contributed by atoms with E-state index >= 15 is 0 Å². The Morgan fingerprint density at radius 2 is 1.81 bits per heavy atom. The van der Waals surface area contributed by atoms with Crippen LogP contribution in [0.25, 0.3) is 0 Å². The van der Waals surface area contributed by atoms with E-state index < -0.39 is 40.0 Å². The monoisotopic (exact) mass is 643 g/mol. The first kappa shape index (κ1) is 31.2. The first-order valence-corrected chi connectivity index (χ1v) is 17.4. The number of carbonyl (C=O) groups excluding carboxylic acids is 2. The molecular formula is C31H34ClN3O6S2. The Hall–Kier alpha value is -3.25. The maximum Gasteiger partial charge on any atom is 0.307 e. The third-order valence-corrected chi connectivity index (χ3v) is 10.1. The van der Waals surface area contributed by atoms with Gasteiger partial charge in [0.2, 0.25) is 15.9 Å². The van der Waals surface area contributed by atoms with E-state index in [4.69, 9.17) is 16.7 Å². The van der Waals surface area contributed by atoms with Gasteiger partial charge in [0.25, 0.3) is 5.91 Å². The Bertz CT molecular complexity index is 1610. The van der Waals surface area contributed by atoms with Gasteiger partial charge in [-0.25, -0.2) is 13.1 Å². The van der Waals surface area contributed by atoms with E-state index in [-0.39, 0.29) is 18.2 Å². The summed E-state index contributed by atoms with van der Waals surface area (Å²) in [4.78, 5) is 42.2. The Morgan fingerprint density at radius 3 is 2.53 bits per heavy atom. The van der Waals surface area contributed by atoms with Gasteiger partial charge in [-0.05, 0) is 65.6 Å². The fourth-order valence-corrected chi connectivity index (χ4v) is 8.16. The van der Waals surface area contributed by atoms with Crippen LogP contribution in [0.4, 0.5) is 0 Å². The molecule has 2 amide bonds. The average molecular weight is 644 g/mol.